The number of ether oxygens (including phenoxy) is 1. The van der Waals surface area contributed by atoms with Crippen molar-refractivity contribution >= 4 is 11.9 Å². The van der Waals surface area contributed by atoms with Crippen LogP contribution in [0.25, 0.3) is 0 Å². The molecule has 0 aromatic carbocycles. The van der Waals surface area contributed by atoms with Gasteiger partial charge in [-0.15, -0.1) is 0 Å². The molecule has 0 aromatic heterocycles. The number of carbonyl (C=O) groups excluding carboxylic acids is 2. The van der Waals surface area contributed by atoms with Crippen LogP contribution in [0.5, 0.6) is 0 Å². The van der Waals surface area contributed by atoms with Crippen LogP contribution in [-0.2, 0) is 14.3 Å². The van der Waals surface area contributed by atoms with Gasteiger partial charge in [0.15, 0.2) is 6.10 Å². The minimum Gasteiger partial charge on any atom is -0.391 e. The molecule has 0 radical (unpaired) electrons. The average molecular weight is 567 g/mol. The number of hydrogen-bond donors (Lipinski definition) is 1. The van der Waals surface area contributed by atoms with Crippen LogP contribution in [0.15, 0.2) is 0 Å². The molecule has 0 aromatic rings. The van der Waals surface area contributed by atoms with Crippen molar-refractivity contribution in [3.63, 3.8) is 0 Å². The van der Waals surface area contributed by atoms with Crippen LogP contribution >= 0.6 is 0 Å². The highest BCUT2D eigenvalue weighted by atomic mass is 16.6. The molecule has 1 atom stereocenters. The van der Waals surface area contributed by atoms with Gasteiger partial charge >= 0.3 is 11.9 Å². The van der Waals surface area contributed by atoms with E-state index in [1.165, 1.54) is 148 Å². The highest BCUT2D eigenvalue weighted by molar-refractivity contribution is 5.87. The summed E-state index contributed by atoms with van der Waals surface area (Å²) < 4.78 is 4.87. The maximum Gasteiger partial charge on any atom is 0.342 e. The molecule has 0 aliphatic heterocycles. The van der Waals surface area contributed by atoms with E-state index in [9.17, 15) is 14.7 Å². The first-order valence-electron chi connectivity index (χ1n) is 18.0. The van der Waals surface area contributed by atoms with Gasteiger partial charge in [0, 0.05) is 6.42 Å². The zero-order valence-electron chi connectivity index (χ0n) is 27.2. The number of carbonyl (C=O) groups is 2. The highest BCUT2D eigenvalue weighted by Gasteiger charge is 2.19. The van der Waals surface area contributed by atoms with Crippen molar-refractivity contribution in [3.05, 3.63) is 0 Å². The third-order valence-electron chi connectivity index (χ3n) is 8.30. The lowest BCUT2D eigenvalue weighted by Gasteiger charge is -2.09. The van der Waals surface area contributed by atoms with Crippen LogP contribution in [0.3, 0.4) is 0 Å². The van der Waals surface area contributed by atoms with Gasteiger partial charge < -0.3 is 9.84 Å². The molecule has 0 rings (SSSR count). The lowest BCUT2D eigenvalue weighted by molar-refractivity contribution is -0.166. The summed E-state index contributed by atoms with van der Waals surface area (Å²) >= 11 is 0. The molecular formula is C36H70O4. The summed E-state index contributed by atoms with van der Waals surface area (Å²) in [5.74, 6) is -1.25. The molecule has 1 N–H and O–H groups in total. The second-order valence-corrected chi connectivity index (χ2v) is 12.4. The van der Waals surface area contributed by atoms with Gasteiger partial charge in [-0.2, -0.15) is 0 Å². The first-order chi connectivity index (χ1) is 19.6. The summed E-state index contributed by atoms with van der Waals surface area (Å²) in [6.07, 6.45) is 36.5. The molecule has 4 heteroatoms. The number of hydrogen-bond acceptors (Lipinski definition) is 4. The Morgan fingerprint density at radius 2 is 0.725 bits per heavy atom. The van der Waals surface area contributed by atoms with Crippen molar-refractivity contribution in [1.29, 1.82) is 0 Å². The van der Waals surface area contributed by atoms with Crippen LogP contribution < -0.4 is 0 Å². The van der Waals surface area contributed by atoms with Crippen LogP contribution in [0, 0.1) is 0 Å². The van der Waals surface area contributed by atoms with E-state index in [2.05, 4.69) is 13.8 Å². The van der Waals surface area contributed by atoms with Crippen molar-refractivity contribution in [2.45, 2.75) is 219 Å². The van der Waals surface area contributed by atoms with Crippen molar-refractivity contribution in [2.24, 2.45) is 0 Å². The summed E-state index contributed by atoms with van der Waals surface area (Å²) in [6.45, 7) is 4.53. The molecule has 40 heavy (non-hydrogen) atoms. The molecule has 0 saturated heterocycles. The van der Waals surface area contributed by atoms with Crippen molar-refractivity contribution in [2.75, 3.05) is 0 Å². The molecular weight excluding hydrogens is 496 g/mol. The highest BCUT2D eigenvalue weighted by Crippen LogP contribution is 2.16. The predicted molar refractivity (Wildman–Crippen MR) is 172 cm³/mol. The van der Waals surface area contributed by atoms with Crippen LogP contribution in [0.1, 0.15) is 213 Å². The number of aliphatic hydroxyl groups excluding tert-OH is 1. The SMILES string of the molecule is CCCCCCCCCCCCCCCCCC(=O)OC(=O)C(O)CCCCCCCCCCCCCCCC. The molecule has 0 aliphatic carbocycles. The average Bonchev–Trinajstić information content (AvgIpc) is 2.95. The molecule has 0 bridgehead atoms. The van der Waals surface area contributed by atoms with E-state index >= 15 is 0 Å². The van der Waals surface area contributed by atoms with E-state index in [4.69, 9.17) is 4.74 Å². The minimum atomic E-state index is -1.16. The van der Waals surface area contributed by atoms with Crippen LogP contribution in [0.4, 0.5) is 0 Å². The van der Waals surface area contributed by atoms with E-state index in [-0.39, 0.29) is 6.42 Å². The zero-order chi connectivity index (χ0) is 29.4. The van der Waals surface area contributed by atoms with E-state index in [0.29, 0.717) is 6.42 Å². The lowest BCUT2D eigenvalue weighted by Crippen LogP contribution is -2.25. The number of esters is 2. The van der Waals surface area contributed by atoms with Crippen molar-refractivity contribution in [1.82, 2.24) is 0 Å². The Morgan fingerprint density at radius 1 is 0.450 bits per heavy atom. The fraction of sp³-hybridized carbons (Fsp3) is 0.944. The fourth-order valence-corrected chi connectivity index (χ4v) is 5.52. The Balaban J connectivity index is 3.40. The third-order valence-corrected chi connectivity index (χ3v) is 8.30. The first-order valence-corrected chi connectivity index (χ1v) is 18.0. The summed E-state index contributed by atoms with van der Waals surface area (Å²) in [5.41, 5.74) is 0. The predicted octanol–water partition coefficient (Wildman–Crippen LogP) is 11.5. The van der Waals surface area contributed by atoms with Crippen molar-refractivity contribution in [3.8, 4) is 0 Å². The van der Waals surface area contributed by atoms with Crippen molar-refractivity contribution < 1.29 is 19.4 Å². The van der Waals surface area contributed by atoms with Gasteiger partial charge in [0.2, 0.25) is 0 Å². The van der Waals surface area contributed by atoms with E-state index in [0.717, 1.165) is 38.5 Å². The number of aliphatic hydroxyl groups is 1. The molecule has 0 heterocycles. The first kappa shape index (κ1) is 39.1. The van der Waals surface area contributed by atoms with Gasteiger partial charge in [-0.25, -0.2) is 4.79 Å². The smallest absolute Gasteiger partial charge is 0.342 e. The Bertz CT molecular complexity index is 533. The summed E-state index contributed by atoms with van der Waals surface area (Å²) in [7, 11) is 0. The molecule has 238 valence electrons. The monoisotopic (exact) mass is 567 g/mol. The molecule has 0 amide bonds. The van der Waals surface area contributed by atoms with E-state index in [1.54, 1.807) is 0 Å². The second-order valence-electron chi connectivity index (χ2n) is 12.4. The maximum absolute atomic E-state index is 12.0. The molecule has 0 fully saturated rings. The Labute approximate surface area is 250 Å². The standard InChI is InChI=1S/C36H70O4/c1-3-5-7-9-11-13-15-17-19-21-23-25-27-29-31-33-35(38)40-36(39)34(37)32-30-28-26-24-22-20-18-16-14-12-10-8-6-4-2/h34,37H,3-33H2,1-2H3. The van der Waals surface area contributed by atoms with E-state index in [1.807, 2.05) is 0 Å². The molecule has 0 aliphatic rings. The van der Waals surface area contributed by atoms with Gasteiger partial charge in [-0.05, 0) is 12.8 Å². The summed E-state index contributed by atoms with van der Waals surface area (Å²) in [6, 6.07) is 0. The third kappa shape index (κ3) is 30.1. The molecule has 1 unspecified atom stereocenters. The van der Waals surface area contributed by atoms with Crippen LogP contribution in [0.2, 0.25) is 0 Å². The molecule has 4 nitrogen and oxygen atoms in total. The largest absolute Gasteiger partial charge is 0.391 e. The lowest BCUT2D eigenvalue weighted by atomic mass is 10.0. The van der Waals surface area contributed by atoms with Gasteiger partial charge in [0.25, 0.3) is 0 Å². The van der Waals surface area contributed by atoms with Gasteiger partial charge in [0.1, 0.15) is 0 Å². The number of unbranched alkanes of at least 4 members (excludes halogenated alkanes) is 27. The van der Waals surface area contributed by atoms with E-state index < -0.39 is 18.0 Å². The summed E-state index contributed by atoms with van der Waals surface area (Å²) in [4.78, 5) is 23.9. The summed E-state index contributed by atoms with van der Waals surface area (Å²) in [5, 5.41) is 10.0. The van der Waals surface area contributed by atoms with Gasteiger partial charge in [-0.3, -0.25) is 4.79 Å². The Kier molecular flexibility index (Phi) is 31.9. The van der Waals surface area contributed by atoms with Crippen LogP contribution in [-0.4, -0.2) is 23.1 Å². The maximum atomic E-state index is 12.0. The minimum absolute atomic E-state index is 0.273. The fourth-order valence-electron chi connectivity index (χ4n) is 5.52. The Morgan fingerprint density at radius 3 is 1.05 bits per heavy atom. The van der Waals surface area contributed by atoms with Gasteiger partial charge in [-0.1, -0.05) is 194 Å². The number of rotatable bonds is 32. The Hall–Kier alpha value is -0.900. The molecule has 0 saturated carbocycles. The zero-order valence-corrected chi connectivity index (χ0v) is 27.2. The molecule has 0 spiro atoms. The second kappa shape index (κ2) is 32.6. The normalized spacial score (nSPS) is 12.1. The van der Waals surface area contributed by atoms with Gasteiger partial charge in [0.05, 0.1) is 0 Å². The quantitative estimate of drug-likeness (QED) is 0.0499. The topological polar surface area (TPSA) is 63.6 Å².